The predicted molar refractivity (Wildman–Crippen MR) is 61.5 cm³/mol. The molecule has 1 saturated heterocycles. The minimum atomic E-state index is -0.753. The molecule has 2 amide bonds. The highest BCUT2D eigenvalue weighted by Gasteiger charge is 2.29. The van der Waals surface area contributed by atoms with Gasteiger partial charge < -0.3 is 14.6 Å². The minimum Gasteiger partial charge on any atom is -0.508 e. The summed E-state index contributed by atoms with van der Waals surface area (Å²) < 4.78 is 9.34. The Hall–Kier alpha value is -2.57. The molecular formula is C12H11NO6. The summed E-state index contributed by atoms with van der Waals surface area (Å²) in [4.78, 5) is 35.1. The highest BCUT2D eigenvalue weighted by molar-refractivity contribution is 5.96. The van der Waals surface area contributed by atoms with Gasteiger partial charge in [0, 0.05) is 0 Å². The average Bonchev–Trinajstić information content (AvgIpc) is 2.82. The number of phenolic OH excluding ortho intramolecular Hbond substituents is 1. The van der Waals surface area contributed by atoms with E-state index in [0.29, 0.717) is 0 Å². The van der Waals surface area contributed by atoms with Crippen LogP contribution >= 0.6 is 0 Å². The smallest absolute Gasteiger partial charge is 0.416 e. The Labute approximate surface area is 108 Å². The predicted octanol–water partition coefficient (Wildman–Crippen LogP) is 0.528. The lowest BCUT2D eigenvalue weighted by Crippen LogP contribution is -2.35. The maximum atomic E-state index is 11.6. The molecule has 0 aromatic heterocycles. The molecule has 7 nitrogen and oxygen atoms in total. The van der Waals surface area contributed by atoms with Crippen molar-refractivity contribution in [3.8, 4) is 5.75 Å². The second-order valence-electron chi connectivity index (χ2n) is 3.79. The van der Waals surface area contributed by atoms with Crippen LogP contribution in [0.3, 0.4) is 0 Å². The third kappa shape index (κ3) is 3.01. The molecule has 0 saturated carbocycles. The fourth-order valence-corrected chi connectivity index (χ4v) is 1.54. The molecular weight excluding hydrogens is 254 g/mol. The van der Waals surface area contributed by atoms with Gasteiger partial charge >= 0.3 is 12.1 Å². The molecule has 0 atom stereocenters. The zero-order valence-electron chi connectivity index (χ0n) is 9.87. The van der Waals surface area contributed by atoms with Gasteiger partial charge in [-0.25, -0.2) is 14.5 Å². The number of hydrogen-bond acceptors (Lipinski definition) is 6. The second kappa shape index (κ2) is 5.38. The number of phenols is 1. The lowest BCUT2D eigenvalue weighted by Gasteiger charge is -2.10. The zero-order valence-corrected chi connectivity index (χ0v) is 9.87. The number of amides is 2. The number of benzene rings is 1. The molecule has 2 rings (SSSR count). The summed E-state index contributed by atoms with van der Waals surface area (Å²) in [5.41, 5.74) is 0.122. The van der Waals surface area contributed by atoms with Crippen LogP contribution in [0.2, 0.25) is 0 Å². The van der Waals surface area contributed by atoms with Crippen molar-refractivity contribution in [3.05, 3.63) is 29.8 Å². The van der Waals surface area contributed by atoms with Crippen molar-refractivity contribution < 1.29 is 29.0 Å². The van der Waals surface area contributed by atoms with E-state index in [-0.39, 0.29) is 24.5 Å². The molecule has 0 unspecified atom stereocenters. The van der Waals surface area contributed by atoms with Crippen LogP contribution in [0.25, 0.3) is 0 Å². The Bertz CT molecular complexity index is 527. The van der Waals surface area contributed by atoms with Gasteiger partial charge in [0.15, 0.2) is 6.61 Å². The van der Waals surface area contributed by atoms with Gasteiger partial charge in [-0.05, 0) is 18.2 Å². The van der Waals surface area contributed by atoms with Crippen LogP contribution in [-0.4, -0.2) is 47.7 Å². The van der Waals surface area contributed by atoms with E-state index in [0.717, 1.165) is 4.90 Å². The van der Waals surface area contributed by atoms with Crippen molar-refractivity contribution in [1.82, 2.24) is 4.90 Å². The van der Waals surface area contributed by atoms with Crippen LogP contribution < -0.4 is 0 Å². The second-order valence-corrected chi connectivity index (χ2v) is 3.79. The molecule has 1 aliphatic rings. The van der Waals surface area contributed by atoms with E-state index in [9.17, 15) is 19.5 Å². The van der Waals surface area contributed by atoms with Crippen molar-refractivity contribution in [2.24, 2.45) is 0 Å². The molecule has 19 heavy (non-hydrogen) atoms. The van der Waals surface area contributed by atoms with Gasteiger partial charge in [0.05, 0.1) is 12.1 Å². The summed E-state index contributed by atoms with van der Waals surface area (Å²) in [7, 11) is 0. The standard InChI is InChI=1S/C12H11NO6/c14-9-3-1-2-8(6-9)11(16)19-7-10(15)13-4-5-18-12(13)17/h1-3,6,14H,4-5,7H2. The van der Waals surface area contributed by atoms with E-state index >= 15 is 0 Å². The van der Waals surface area contributed by atoms with Gasteiger partial charge in [-0.3, -0.25) is 4.79 Å². The maximum Gasteiger partial charge on any atom is 0.416 e. The van der Waals surface area contributed by atoms with Crippen molar-refractivity contribution >= 4 is 18.0 Å². The molecule has 7 heteroatoms. The summed E-state index contributed by atoms with van der Waals surface area (Å²) in [6, 6.07) is 5.54. The average molecular weight is 265 g/mol. The molecule has 0 radical (unpaired) electrons. The quantitative estimate of drug-likeness (QED) is 0.801. The molecule has 1 fully saturated rings. The normalized spacial score (nSPS) is 14.1. The van der Waals surface area contributed by atoms with Crippen LogP contribution in [0.4, 0.5) is 4.79 Å². The first-order valence-electron chi connectivity index (χ1n) is 5.51. The number of cyclic esters (lactones) is 1. The monoisotopic (exact) mass is 265 g/mol. The zero-order chi connectivity index (χ0) is 13.8. The molecule has 0 bridgehead atoms. The number of imide groups is 1. The maximum absolute atomic E-state index is 11.6. The fourth-order valence-electron chi connectivity index (χ4n) is 1.54. The fraction of sp³-hybridized carbons (Fsp3) is 0.250. The molecule has 1 N–H and O–H groups in total. The summed E-state index contributed by atoms with van der Waals surface area (Å²) in [5.74, 6) is -1.48. The molecule has 100 valence electrons. The van der Waals surface area contributed by atoms with Gasteiger partial charge in [-0.15, -0.1) is 0 Å². The molecule has 1 aliphatic heterocycles. The highest BCUT2D eigenvalue weighted by Crippen LogP contribution is 2.12. The van der Waals surface area contributed by atoms with Gasteiger partial charge in [0.25, 0.3) is 5.91 Å². The number of nitrogens with zero attached hydrogens (tertiary/aromatic N) is 1. The third-order valence-electron chi connectivity index (χ3n) is 2.47. The minimum absolute atomic E-state index is 0.0797. The SMILES string of the molecule is O=C(OCC(=O)N1CCOC1=O)c1cccc(O)c1. The van der Waals surface area contributed by atoms with Gasteiger partial charge in [0.2, 0.25) is 0 Å². The number of carbonyl (C=O) groups is 3. The van der Waals surface area contributed by atoms with E-state index in [1.807, 2.05) is 0 Å². The summed E-state index contributed by atoms with van der Waals surface area (Å²) in [5, 5.41) is 9.20. The Balaban J connectivity index is 1.90. The third-order valence-corrected chi connectivity index (χ3v) is 2.47. The lowest BCUT2D eigenvalue weighted by molar-refractivity contribution is -0.131. The first-order valence-corrected chi connectivity index (χ1v) is 5.51. The van der Waals surface area contributed by atoms with Crippen LogP contribution in [0.5, 0.6) is 5.75 Å². The van der Waals surface area contributed by atoms with Crippen LogP contribution in [0, 0.1) is 0 Å². The first kappa shape index (κ1) is 12.9. The molecule has 0 aliphatic carbocycles. The number of carbonyl (C=O) groups excluding carboxylic acids is 3. The van der Waals surface area contributed by atoms with Crippen LogP contribution in [0.1, 0.15) is 10.4 Å². The van der Waals surface area contributed by atoms with Gasteiger partial charge in [0.1, 0.15) is 12.4 Å². The highest BCUT2D eigenvalue weighted by atomic mass is 16.6. The van der Waals surface area contributed by atoms with E-state index in [2.05, 4.69) is 4.74 Å². The van der Waals surface area contributed by atoms with Crippen LogP contribution in [-0.2, 0) is 14.3 Å². The Morgan fingerprint density at radius 3 is 2.84 bits per heavy atom. The van der Waals surface area contributed by atoms with Crippen molar-refractivity contribution in [3.63, 3.8) is 0 Å². The summed E-state index contributed by atoms with van der Waals surface area (Å²) >= 11 is 0. The summed E-state index contributed by atoms with van der Waals surface area (Å²) in [6.07, 6.45) is -0.738. The molecule has 1 aromatic rings. The van der Waals surface area contributed by atoms with E-state index < -0.39 is 24.6 Å². The van der Waals surface area contributed by atoms with Gasteiger partial charge in [-0.1, -0.05) is 6.07 Å². The number of aromatic hydroxyl groups is 1. The van der Waals surface area contributed by atoms with E-state index in [4.69, 9.17) is 4.74 Å². The molecule has 1 aromatic carbocycles. The Morgan fingerprint density at radius 2 is 2.21 bits per heavy atom. The van der Waals surface area contributed by atoms with Crippen molar-refractivity contribution in [2.45, 2.75) is 0 Å². The Morgan fingerprint density at radius 1 is 1.42 bits per heavy atom. The molecule has 1 heterocycles. The number of esters is 1. The largest absolute Gasteiger partial charge is 0.508 e. The number of hydrogen-bond donors (Lipinski definition) is 1. The first-order chi connectivity index (χ1) is 9.08. The van der Waals surface area contributed by atoms with E-state index in [1.54, 1.807) is 0 Å². The van der Waals surface area contributed by atoms with E-state index in [1.165, 1.54) is 24.3 Å². The lowest BCUT2D eigenvalue weighted by atomic mass is 10.2. The number of ether oxygens (including phenoxy) is 2. The topological polar surface area (TPSA) is 93.1 Å². The van der Waals surface area contributed by atoms with Crippen molar-refractivity contribution in [1.29, 1.82) is 0 Å². The summed E-state index contributed by atoms with van der Waals surface area (Å²) in [6.45, 7) is -0.254. The van der Waals surface area contributed by atoms with Crippen molar-refractivity contribution in [2.75, 3.05) is 19.8 Å². The van der Waals surface area contributed by atoms with Crippen LogP contribution in [0.15, 0.2) is 24.3 Å². The molecule has 0 spiro atoms. The van der Waals surface area contributed by atoms with Gasteiger partial charge in [-0.2, -0.15) is 0 Å². The number of rotatable bonds is 3. The Kier molecular flexibility index (Phi) is 3.65.